The number of carbonyl (C=O) groups excluding carboxylic acids is 1. The van der Waals surface area contributed by atoms with Crippen molar-refractivity contribution in [3.05, 3.63) is 41.4 Å². The van der Waals surface area contributed by atoms with Crippen LogP contribution in [0.2, 0.25) is 5.02 Å². The molecule has 1 aliphatic heterocycles. The highest BCUT2D eigenvalue weighted by molar-refractivity contribution is 7.92. The Morgan fingerprint density at radius 3 is 2.77 bits per heavy atom. The summed E-state index contributed by atoms with van der Waals surface area (Å²) >= 11 is 6.00. The van der Waals surface area contributed by atoms with Crippen LogP contribution in [0.15, 0.2) is 41.3 Å². The summed E-state index contributed by atoms with van der Waals surface area (Å²) in [5.74, 6) is 2.60. The van der Waals surface area contributed by atoms with Crippen molar-refractivity contribution in [2.45, 2.75) is 37.0 Å². The summed E-state index contributed by atoms with van der Waals surface area (Å²) in [5, 5.41) is 3.19. The molecule has 164 valence electrons. The maximum Gasteiger partial charge on any atom is 0.265 e. The summed E-state index contributed by atoms with van der Waals surface area (Å²) < 4.78 is 33.3. The lowest BCUT2D eigenvalue weighted by Crippen LogP contribution is -2.42. The molecule has 31 heavy (non-hydrogen) atoms. The summed E-state index contributed by atoms with van der Waals surface area (Å²) in [6.07, 6.45) is 5.47. The van der Waals surface area contributed by atoms with E-state index in [0.717, 1.165) is 0 Å². The van der Waals surface area contributed by atoms with Crippen LogP contribution in [0.1, 0.15) is 32.1 Å². The Bertz CT molecular complexity index is 1110. The fraction of sp³-hybridized carbons (Fsp3) is 0.455. The van der Waals surface area contributed by atoms with Crippen LogP contribution in [-0.2, 0) is 14.8 Å². The van der Waals surface area contributed by atoms with E-state index in [-0.39, 0.29) is 29.8 Å². The molecule has 1 aromatic heterocycles. The van der Waals surface area contributed by atoms with Gasteiger partial charge in [-0.05, 0) is 54.5 Å². The first-order valence-corrected chi connectivity index (χ1v) is 12.5. The largest absolute Gasteiger partial charge is 0.488 e. The molecular weight excluding hydrogens is 438 g/mol. The van der Waals surface area contributed by atoms with Crippen molar-refractivity contribution in [2.24, 2.45) is 17.8 Å². The molecule has 0 saturated heterocycles. The van der Waals surface area contributed by atoms with Gasteiger partial charge in [-0.25, -0.2) is 17.7 Å². The Labute approximate surface area is 186 Å². The van der Waals surface area contributed by atoms with E-state index >= 15 is 0 Å². The lowest BCUT2D eigenvalue weighted by Gasteiger charge is -2.49. The third kappa shape index (κ3) is 3.87. The standard InChI is InChI=1S/C22H24ClN3O4S/c23-16-5-2-6-17(12-16)31(28,29)26-9-10-30-19-7-8-20(25-22(19)26)24-21(27)13-18-14-3-1-4-15(18)11-14/h2,5-8,12,14-15,18H,1,3-4,9-11,13H2,(H,24,25,27). The van der Waals surface area contributed by atoms with Crippen LogP contribution >= 0.6 is 11.6 Å². The first kappa shape index (κ1) is 20.6. The van der Waals surface area contributed by atoms with Gasteiger partial charge in [-0.1, -0.05) is 36.9 Å². The van der Waals surface area contributed by atoms with Crippen molar-refractivity contribution in [1.82, 2.24) is 4.98 Å². The van der Waals surface area contributed by atoms with E-state index in [4.69, 9.17) is 16.3 Å². The molecule has 0 radical (unpaired) electrons. The molecule has 3 aliphatic rings. The van der Waals surface area contributed by atoms with Gasteiger partial charge >= 0.3 is 0 Å². The van der Waals surface area contributed by atoms with E-state index < -0.39 is 10.0 Å². The van der Waals surface area contributed by atoms with Crippen molar-refractivity contribution in [2.75, 3.05) is 22.8 Å². The molecule has 2 atom stereocenters. The molecular formula is C22H24ClN3O4S. The molecule has 7 nitrogen and oxygen atoms in total. The number of aromatic nitrogens is 1. The van der Waals surface area contributed by atoms with E-state index in [9.17, 15) is 13.2 Å². The number of sulfonamides is 1. The van der Waals surface area contributed by atoms with Crippen LogP contribution in [0.5, 0.6) is 5.75 Å². The van der Waals surface area contributed by atoms with Gasteiger partial charge in [0.15, 0.2) is 11.6 Å². The predicted octanol–water partition coefficient (Wildman–Crippen LogP) is 4.09. The molecule has 9 heteroatoms. The molecule has 2 fully saturated rings. The van der Waals surface area contributed by atoms with Crippen LogP contribution in [0.4, 0.5) is 11.6 Å². The van der Waals surface area contributed by atoms with E-state index in [1.54, 1.807) is 24.3 Å². The van der Waals surface area contributed by atoms with Crippen molar-refractivity contribution in [3.8, 4) is 5.75 Å². The smallest absolute Gasteiger partial charge is 0.265 e. The second-order valence-electron chi connectivity index (χ2n) is 8.50. The van der Waals surface area contributed by atoms with Crippen molar-refractivity contribution < 1.29 is 17.9 Å². The number of nitrogens with one attached hydrogen (secondary N) is 1. The summed E-state index contributed by atoms with van der Waals surface area (Å²) in [6, 6.07) is 9.42. The quantitative estimate of drug-likeness (QED) is 0.724. The SMILES string of the molecule is O=C(CC1C2CCCC1C2)Nc1ccc2c(n1)N(S(=O)(=O)c1cccc(Cl)c1)CCO2. The summed E-state index contributed by atoms with van der Waals surface area (Å²) in [7, 11) is -3.87. The summed E-state index contributed by atoms with van der Waals surface area (Å²) in [5.41, 5.74) is 0. The number of carbonyl (C=O) groups is 1. The fourth-order valence-electron chi connectivity index (χ4n) is 5.10. The zero-order valence-electron chi connectivity index (χ0n) is 17.0. The van der Waals surface area contributed by atoms with E-state index in [1.807, 2.05) is 0 Å². The molecule has 2 heterocycles. The molecule has 2 aliphatic carbocycles. The van der Waals surface area contributed by atoms with Gasteiger partial charge in [0.05, 0.1) is 11.4 Å². The number of rotatable bonds is 5. The molecule has 2 unspecified atom stereocenters. The van der Waals surface area contributed by atoms with E-state index in [1.165, 1.54) is 42.1 Å². The number of halogens is 1. The number of amides is 1. The molecule has 2 bridgehead atoms. The predicted molar refractivity (Wildman–Crippen MR) is 118 cm³/mol. The number of benzene rings is 1. The minimum Gasteiger partial charge on any atom is -0.488 e. The lowest BCUT2D eigenvalue weighted by atomic mass is 9.56. The van der Waals surface area contributed by atoms with Gasteiger partial charge in [0.2, 0.25) is 5.91 Å². The van der Waals surface area contributed by atoms with Crippen LogP contribution in [0.25, 0.3) is 0 Å². The minimum atomic E-state index is -3.87. The highest BCUT2D eigenvalue weighted by atomic mass is 35.5. The number of anilines is 2. The van der Waals surface area contributed by atoms with Crippen LogP contribution < -0.4 is 14.4 Å². The number of nitrogens with zero attached hydrogens (tertiary/aromatic N) is 2. The highest BCUT2D eigenvalue weighted by Crippen LogP contribution is 2.52. The Morgan fingerprint density at radius 1 is 1.23 bits per heavy atom. The Morgan fingerprint density at radius 2 is 2.03 bits per heavy atom. The Balaban J connectivity index is 1.36. The Kier molecular flexibility index (Phi) is 5.30. The third-order valence-corrected chi connectivity index (χ3v) is 8.69. The number of pyridine rings is 1. The van der Waals surface area contributed by atoms with Crippen LogP contribution in [0, 0.1) is 17.8 Å². The van der Waals surface area contributed by atoms with Gasteiger partial charge in [0.1, 0.15) is 12.4 Å². The average molecular weight is 462 g/mol. The van der Waals surface area contributed by atoms with Gasteiger partial charge in [-0.3, -0.25) is 4.79 Å². The molecule has 1 N–H and O–H groups in total. The van der Waals surface area contributed by atoms with Gasteiger partial charge in [-0.2, -0.15) is 0 Å². The van der Waals surface area contributed by atoms with Gasteiger partial charge < -0.3 is 10.1 Å². The minimum absolute atomic E-state index is 0.0740. The lowest BCUT2D eigenvalue weighted by molar-refractivity contribution is -0.120. The number of hydrogen-bond donors (Lipinski definition) is 1. The van der Waals surface area contributed by atoms with Gasteiger partial charge in [-0.15, -0.1) is 0 Å². The average Bonchev–Trinajstić information content (AvgIpc) is 2.77. The molecule has 5 rings (SSSR count). The molecule has 2 saturated carbocycles. The first-order chi connectivity index (χ1) is 14.9. The monoisotopic (exact) mass is 461 g/mol. The number of ether oxygens (including phenoxy) is 1. The van der Waals surface area contributed by atoms with Crippen molar-refractivity contribution in [3.63, 3.8) is 0 Å². The second kappa shape index (κ2) is 7.98. The van der Waals surface area contributed by atoms with Crippen molar-refractivity contribution in [1.29, 1.82) is 0 Å². The topological polar surface area (TPSA) is 88.6 Å². The maximum atomic E-state index is 13.2. The van der Waals surface area contributed by atoms with Gasteiger partial charge in [0, 0.05) is 11.4 Å². The van der Waals surface area contributed by atoms with E-state index in [0.29, 0.717) is 40.8 Å². The molecule has 2 aromatic rings. The normalized spacial score (nSPS) is 24.5. The van der Waals surface area contributed by atoms with Gasteiger partial charge in [0.25, 0.3) is 10.0 Å². The number of fused-ring (bicyclic) bond motifs is 3. The van der Waals surface area contributed by atoms with E-state index in [2.05, 4.69) is 10.3 Å². The summed E-state index contributed by atoms with van der Waals surface area (Å²) in [4.78, 5) is 17.1. The highest BCUT2D eigenvalue weighted by Gasteiger charge is 2.44. The molecule has 1 amide bonds. The third-order valence-electron chi connectivity index (χ3n) is 6.67. The second-order valence-corrected chi connectivity index (χ2v) is 10.8. The zero-order valence-corrected chi connectivity index (χ0v) is 18.5. The van der Waals surface area contributed by atoms with Crippen LogP contribution in [0.3, 0.4) is 0 Å². The van der Waals surface area contributed by atoms with Crippen molar-refractivity contribution >= 4 is 39.2 Å². The van der Waals surface area contributed by atoms with Crippen LogP contribution in [-0.4, -0.2) is 32.5 Å². The fourth-order valence-corrected chi connectivity index (χ4v) is 6.81. The number of hydrogen-bond acceptors (Lipinski definition) is 5. The first-order valence-electron chi connectivity index (χ1n) is 10.6. The Hall–Kier alpha value is -2.32. The maximum absolute atomic E-state index is 13.2. The summed E-state index contributed by atoms with van der Waals surface area (Å²) in [6.45, 7) is 0.336. The molecule has 1 aromatic carbocycles. The molecule has 0 spiro atoms. The zero-order chi connectivity index (χ0) is 21.6.